The van der Waals surface area contributed by atoms with Crippen molar-refractivity contribution in [3.8, 4) is 0 Å². The number of hydrogen-bond acceptors (Lipinski definition) is 5. The molecule has 1 heterocycles. The Morgan fingerprint density at radius 3 is 2.62 bits per heavy atom. The molecule has 1 aromatic heterocycles. The Morgan fingerprint density at radius 1 is 1.38 bits per heavy atom. The molecule has 0 saturated carbocycles. The van der Waals surface area contributed by atoms with Crippen molar-refractivity contribution in [1.82, 2.24) is 4.31 Å². The van der Waals surface area contributed by atoms with E-state index in [9.17, 15) is 18.5 Å². The smallest absolute Gasteiger partial charge is 0.258 e. The predicted molar refractivity (Wildman–Crippen MR) is 95.0 cm³/mol. The van der Waals surface area contributed by atoms with Gasteiger partial charge in [0.15, 0.2) is 0 Å². The van der Waals surface area contributed by atoms with Crippen molar-refractivity contribution in [3.05, 3.63) is 67.9 Å². The van der Waals surface area contributed by atoms with Gasteiger partial charge in [0.1, 0.15) is 0 Å². The average molecular weight is 387 g/mol. The largest absolute Gasteiger partial charge is 0.273 e. The van der Waals surface area contributed by atoms with Crippen molar-refractivity contribution in [1.29, 1.82) is 0 Å². The molecular weight excluding hydrogens is 372 g/mol. The normalized spacial score (nSPS) is 11.6. The second-order valence-electron chi connectivity index (χ2n) is 5.00. The van der Waals surface area contributed by atoms with Crippen LogP contribution in [-0.4, -0.2) is 24.2 Å². The summed E-state index contributed by atoms with van der Waals surface area (Å²) >= 11 is 7.16. The molecule has 1 aromatic carbocycles. The summed E-state index contributed by atoms with van der Waals surface area (Å²) in [5, 5.41) is 11.1. The summed E-state index contributed by atoms with van der Waals surface area (Å²) in [6.45, 7) is 5.34. The van der Waals surface area contributed by atoms with Crippen LogP contribution in [0.3, 0.4) is 0 Å². The Balaban J connectivity index is 2.42. The van der Waals surface area contributed by atoms with Gasteiger partial charge in [-0.25, -0.2) is 8.42 Å². The molecule has 0 saturated heterocycles. The third-order valence-electron chi connectivity index (χ3n) is 3.31. The van der Waals surface area contributed by atoms with Crippen LogP contribution >= 0.6 is 22.9 Å². The fraction of sp³-hybridized carbons (Fsp3) is 0.200. The van der Waals surface area contributed by atoms with Crippen molar-refractivity contribution in [2.75, 3.05) is 6.54 Å². The van der Waals surface area contributed by atoms with E-state index in [1.54, 1.807) is 19.1 Å². The number of aryl methyl sites for hydroxylation is 1. The van der Waals surface area contributed by atoms with Gasteiger partial charge in [0.2, 0.25) is 10.0 Å². The van der Waals surface area contributed by atoms with Crippen LogP contribution in [0.25, 0.3) is 0 Å². The van der Waals surface area contributed by atoms with E-state index in [1.165, 1.54) is 33.9 Å². The summed E-state index contributed by atoms with van der Waals surface area (Å²) in [5.74, 6) is 0. The van der Waals surface area contributed by atoms with Crippen molar-refractivity contribution in [2.45, 2.75) is 18.4 Å². The molecule has 0 aliphatic heterocycles. The lowest BCUT2D eigenvalue weighted by atomic mass is 10.2. The first kappa shape index (κ1) is 18.6. The van der Waals surface area contributed by atoms with E-state index in [0.717, 1.165) is 10.9 Å². The van der Waals surface area contributed by atoms with Crippen LogP contribution in [0.1, 0.15) is 10.4 Å². The zero-order valence-corrected chi connectivity index (χ0v) is 15.2. The van der Waals surface area contributed by atoms with Crippen LogP contribution in [0.15, 0.2) is 47.9 Å². The quantitative estimate of drug-likeness (QED) is 0.409. The molecule has 9 heteroatoms. The highest BCUT2D eigenvalue weighted by atomic mass is 35.5. The van der Waals surface area contributed by atoms with E-state index in [2.05, 4.69) is 6.58 Å². The summed E-state index contributed by atoms with van der Waals surface area (Å²) in [7, 11) is -3.90. The molecule has 0 aliphatic rings. The van der Waals surface area contributed by atoms with Gasteiger partial charge in [-0.05, 0) is 25.1 Å². The zero-order valence-electron chi connectivity index (χ0n) is 12.8. The third-order valence-corrected chi connectivity index (χ3v) is 6.33. The first-order valence-corrected chi connectivity index (χ1v) is 9.49. The number of thiophene rings is 1. The number of nitro groups is 1. The van der Waals surface area contributed by atoms with Crippen molar-refractivity contribution in [3.63, 3.8) is 0 Å². The maximum atomic E-state index is 12.8. The summed E-state index contributed by atoms with van der Waals surface area (Å²) in [4.78, 5) is 11.1. The number of nitrogens with zero attached hydrogens (tertiary/aromatic N) is 2. The molecule has 2 aromatic rings. The minimum atomic E-state index is -3.90. The van der Waals surface area contributed by atoms with Crippen molar-refractivity contribution in [2.24, 2.45) is 0 Å². The molecule has 6 nitrogen and oxygen atoms in total. The minimum absolute atomic E-state index is 0.0829. The van der Waals surface area contributed by atoms with Crippen LogP contribution < -0.4 is 0 Å². The molecule has 0 unspecified atom stereocenters. The van der Waals surface area contributed by atoms with Crippen LogP contribution in [0.2, 0.25) is 4.34 Å². The topological polar surface area (TPSA) is 80.5 Å². The zero-order chi connectivity index (χ0) is 17.9. The second-order valence-corrected chi connectivity index (χ2v) is 8.74. The summed E-state index contributed by atoms with van der Waals surface area (Å²) in [6, 6.07) is 7.32. The van der Waals surface area contributed by atoms with Crippen LogP contribution in [-0.2, 0) is 16.6 Å². The lowest BCUT2D eigenvalue weighted by Gasteiger charge is -2.20. The fourth-order valence-electron chi connectivity index (χ4n) is 2.10. The predicted octanol–water partition coefficient (Wildman–Crippen LogP) is 4.00. The van der Waals surface area contributed by atoms with Gasteiger partial charge in [0.25, 0.3) is 5.69 Å². The van der Waals surface area contributed by atoms with Crippen molar-refractivity contribution < 1.29 is 13.3 Å². The Labute approximate surface area is 149 Å². The highest BCUT2D eigenvalue weighted by Crippen LogP contribution is 2.28. The molecule has 0 fully saturated rings. The van der Waals surface area contributed by atoms with Gasteiger partial charge in [0, 0.05) is 29.6 Å². The molecular formula is C15H15ClN2O4S2. The van der Waals surface area contributed by atoms with Gasteiger partial charge in [-0.3, -0.25) is 10.1 Å². The van der Waals surface area contributed by atoms with E-state index < -0.39 is 14.9 Å². The maximum absolute atomic E-state index is 12.8. The first-order chi connectivity index (χ1) is 11.3. The van der Waals surface area contributed by atoms with Crippen LogP contribution in [0.5, 0.6) is 0 Å². The number of nitro benzene ring substituents is 1. The number of sulfonamides is 1. The molecule has 0 spiro atoms. The number of halogens is 1. The second kappa shape index (κ2) is 7.43. The average Bonchev–Trinajstić information content (AvgIpc) is 2.92. The Kier molecular flexibility index (Phi) is 5.76. The number of benzene rings is 1. The maximum Gasteiger partial charge on any atom is 0.273 e. The lowest BCUT2D eigenvalue weighted by Crippen LogP contribution is -2.30. The van der Waals surface area contributed by atoms with Gasteiger partial charge in [-0.2, -0.15) is 4.31 Å². The highest BCUT2D eigenvalue weighted by Gasteiger charge is 2.26. The molecule has 0 N–H and O–H groups in total. The van der Waals surface area contributed by atoms with Gasteiger partial charge in [0.05, 0.1) is 14.2 Å². The van der Waals surface area contributed by atoms with Gasteiger partial charge >= 0.3 is 0 Å². The first-order valence-electron chi connectivity index (χ1n) is 6.86. The van der Waals surface area contributed by atoms with E-state index in [-0.39, 0.29) is 23.7 Å². The third kappa shape index (κ3) is 4.02. The van der Waals surface area contributed by atoms with E-state index in [1.807, 2.05) is 0 Å². The van der Waals surface area contributed by atoms with E-state index in [4.69, 9.17) is 11.6 Å². The van der Waals surface area contributed by atoms with Crippen LogP contribution in [0, 0.1) is 17.0 Å². The summed E-state index contributed by atoms with van der Waals surface area (Å²) in [5.41, 5.74) is 0.174. The molecule has 0 bridgehead atoms. The highest BCUT2D eigenvalue weighted by molar-refractivity contribution is 7.89. The monoisotopic (exact) mass is 386 g/mol. The molecule has 0 amide bonds. The minimum Gasteiger partial charge on any atom is -0.258 e. The van der Waals surface area contributed by atoms with Crippen LogP contribution in [0.4, 0.5) is 5.69 Å². The summed E-state index contributed by atoms with van der Waals surface area (Å²) < 4.78 is 27.5. The Bertz CT molecular complexity index is 877. The molecule has 24 heavy (non-hydrogen) atoms. The van der Waals surface area contributed by atoms with E-state index >= 15 is 0 Å². The summed E-state index contributed by atoms with van der Waals surface area (Å²) in [6.07, 6.45) is 1.47. The number of hydrogen-bond donors (Lipinski definition) is 0. The fourth-order valence-corrected chi connectivity index (χ4v) is 4.69. The standard InChI is InChI=1S/C15H15ClN2O4S2/c1-3-8-17(10-12-5-7-15(16)23-12)24(21,22)13-6-4-11(2)14(9-13)18(19)20/h3-7,9H,1,8,10H2,2H3. The lowest BCUT2D eigenvalue weighted by molar-refractivity contribution is -0.385. The van der Waals surface area contributed by atoms with Gasteiger partial charge < -0.3 is 0 Å². The molecule has 0 radical (unpaired) electrons. The van der Waals surface area contributed by atoms with Gasteiger partial charge in [-0.1, -0.05) is 23.7 Å². The SMILES string of the molecule is C=CCN(Cc1ccc(Cl)s1)S(=O)(=O)c1ccc(C)c([N+](=O)[O-])c1. The van der Waals surface area contributed by atoms with Gasteiger partial charge in [-0.15, -0.1) is 17.9 Å². The van der Waals surface area contributed by atoms with Crippen molar-refractivity contribution >= 4 is 38.6 Å². The Hall–Kier alpha value is -1.74. The van der Waals surface area contributed by atoms with E-state index in [0.29, 0.717) is 9.90 Å². The molecule has 0 atom stereocenters. The molecule has 128 valence electrons. The molecule has 2 rings (SSSR count). The molecule has 0 aliphatic carbocycles. The number of rotatable bonds is 7. The Morgan fingerprint density at radius 2 is 2.08 bits per heavy atom.